The number of hydrogen-bond donors (Lipinski definition) is 0. The number of alkyl halides is 5. The molecule has 0 aliphatic rings. The van der Waals surface area contributed by atoms with Crippen molar-refractivity contribution in [1.82, 2.24) is 0 Å². The molecule has 0 amide bonds. The third kappa shape index (κ3) is 3.84. The van der Waals surface area contributed by atoms with Gasteiger partial charge in [-0.25, -0.2) is 0 Å². The maximum absolute atomic E-state index is 13.8. The van der Waals surface area contributed by atoms with E-state index in [-0.39, 0.29) is 0 Å². The van der Waals surface area contributed by atoms with E-state index < -0.39 is 42.7 Å². The van der Waals surface area contributed by atoms with Crippen molar-refractivity contribution in [3.63, 3.8) is 0 Å². The molecule has 0 aliphatic heterocycles. The van der Waals surface area contributed by atoms with E-state index in [1.165, 1.54) is 27.7 Å². The largest absolute Gasteiger partial charge is 0.423 e. The van der Waals surface area contributed by atoms with Crippen molar-refractivity contribution in [2.75, 3.05) is 0 Å². The summed E-state index contributed by atoms with van der Waals surface area (Å²) in [6.07, 6.45) is -9.09. The van der Waals surface area contributed by atoms with E-state index in [4.69, 9.17) is 0 Å². The SMILES string of the molecule is CC(C)P(C(C)C)C(F)(F)C(=C(F)F)C(F)(F)F. The fraction of sp³-hybridized carbons (Fsp3) is 0.800. The van der Waals surface area contributed by atoms with Crippen LogP contribution in [0.15, 0.2) is 11.7 Å². The van der Waals surface area contributed by atoms with Crippen molar-refractivity contribution >= 4 is 7.92 Å². The standard InChI is InChI=1S/C10H14F7P/c1-5(2)18(6(3)4)10(16,17)7(8(11)12)9(13,14)15/h5-6H,1-4H3. The van der Waals surface area contributed by atoms with E-state index in [0.717, 1.165) is 0 Å². The Bertz CT molecular complexity index is 305. The highest BCUT2D eigenvalue weighted by molar-refractivity contribution is 7.60. The van der Waals surface area contributed by atoms with E-state index in [1.54, 1.807) is 0 Å². The van der Waals surface area contributed by atoms with E-state index in [2.05, 4.69) is 0 Å². The van der Waals surface area contributed by atoms with Gasteiger partial charge in [-0.05, 0) is 19.2 Å². The predicted octanol–water partition coefficient (Wildman–Crippen LogP) is 5.59. The molecule has 0 saturated heterocycles. The normalized spacial score (nSPS) is 13.7. The van der Waals surface area contributed by atoms with Crippen LogP contribution in [-0.2, 0) is 0 Å². The number of rotatable bonds is 4. The Labute approximate surface area is 102 Å². The molecule has 0 saturated carbocycles. The highest BCUT2D eigenvalue weighted by Crippen LogP contribution is 2.64. The second-order valence-corrected chi connectivity index (χ2v) is 7.71. The minimum Gasteiger partial charge on any atom is -0.196 e. The smallest absolute Gasteiger partial charge is 0.196 e. The van der Waals surface area contributed by atoms with Crippen LogP contribution >= 0.6 is 7.92 Å². The topological polar surface area (TPSA) is 0 Å². The van der Waals surface area contributed by atoms with Crippen LogP contribution in [0.2, 0.25) is 0 Å². The van der Waals surface area contributed by atoms with Gasteiger partial charge in [0.2, 0.25) is 0 Å². The summed E-state index contributed by atoms with van der Waals surface area (Å²) in [5.41, 5.74) is -9.14. The summed E-state index contributed by atoms with van der Waals surface area (Å²) in [6, 6.07) is 0. The first-order valence-corrected chi connectivity index (χ1v) is 6.60. The van der Waals surface area contributed by atoms with Crippen molar-refractivity contribution in [1.29, 1.82) is 0 Å². The maximum Gasteiger partial charge on any atom is 0.423 e. The quantitative estimate of drug-likeness (QED) is 0.469. The minimum absolute atomic E-state index is 0.799. The molecule has 0 radical (unpaired) electrons. The molecule has 0 unspecified atom stereocenters. The Morgan fingerprint density at radius 2 is 1.17 bits per heavy atom. The summed E-state index contributed by atoms with van der Waals surface area (Å²) in [5.74, 6) is 0. The maximum atomic E-state index is 13.8. The number of hydrogen-bond acceptors (Lipinski definition) is 0. The second-order valence-electron chi connectivity index (χ2n) is 4.27. The summed E-state index contributed by atoms with van der Waals surface area (Å²) in [7, 11) is -2.55. The molecule has 0 aromatic carbocycles. The number of allylic oxidation sites excluding steroid dienone is 1. The van der Waals surface area contributed by atoms with E-state index in [9.17, 15) is 30.7 Å². The Hall–Kier alpha value is -0.320. The molecule has 18 heavy (non-hydrogen) atoms. The molecule has 108 valence electrons. The zero-order valence-electron chi connectivity index (χ0n) is 10.2. The van der Waals surface area contributed by atoms with Gasteiger partial charge in [0.05, 0.1) is 0 Å². The van der Waals surface area contributed by atoms with Crippen molar-refractivity contribution in [2.24, 2.45) is 0 Å². The summed E-state index contributed by atoms with van der Waals surface area (Å²) in [4.78, 5) is 0. The van der Waals surface area contributed by atoms with Crippen molar-refractivity contribution in [3.8, 4) is 0 Å². The monoisotopic (exact) mass is 298 g/mol. The van der Waals surface area contributed by atoms with Crippen molar-refractivity contribution in [3.05, 3.63) is 11.7 Å². The Morgan fingerprint density at radius 3 is 1.33 bits per heavy atom. The molecule has 0 bridgehead atoms. The molecule has 0 heterocycles. The molecule has 8 heteroatoms. The van der Waals surface area contributed by atoms with Crippen LogP contribution in [0.5, 0.6) is 0 Å². The van der Waals surface area contributed by atoms with Gasteiger partial charge in [0, 0.05) is 0 Å². The van der Waals surface area contributed by atoms with E-state index in [0.29, 0.717) is 0 Å². The van der Waals surface area contributed by atoms with Crippen molar-refractivity contribution < 1.29 is 30.7 Å². The van der Waals surface area contributed by atoms with Crippen LogP contribution in [0.1, 0.15) is 27.7 Å². The fourth-order valence-electron chi connectivity index (χ4n) is 1.77. The first kappa shape index (κ1) is 17.7. The first-order chi connectivity index (χ1) is 7.83. The predicted molar refractivity (Wildman–Crippen MR) is 57.4 cm³/mol. The summed E-state index contributed by atoms with van der Waals surface area (Å²) in [5, 5.41) is 0. The first-order valence-electron chi connectivity index (χ1n) is 5.12. The molecule has 0 spiro atoms. The molecule has 0 atom stereocenters. The van der Waals surface area contributed by atoms with Crippen LogP contribution in [-0.4, -0.2) is 23.2 Å². The third-order valence-corrected chi connectivity index (χ3v) is 5.31. The van der Waals surface area contributed by atoms with Crippen LogP contribution in [0.3, 0.4) is 0 Å². The van der Waals surface area contributed by atoms with Gasteiger partial charge in [-0.1, -0.05) is 27.7 Å². The van der Waals surface area contributed by atoms with Crippen molar-refractivity contribution in [2.45, 2.75) is 50.9 Å². The Morgan fingerprint density at radius 1 is 0.833 bits per heavy atom. The van der Waals surface area contributed by atoms with Gasteiger partial charge >= 0.3 is 6.18 Å². The number of halogens is 7. The van der Waals surface area contributed by atoms with Gasteiger partial charge in [-0.3, -0.25) is 0 Å². The molecule has 0 aromatic heterocycles. The molecule has 0 aliphatic carbocycles. The molecule has 0 aromatic rings. The zero-order chi connectivity index (χ0) is 14.9. The molecule has 0 nitrogen and oxygen atoms in total. The lowest BCUT2D eigenvalue weighted by atomic mass is 10.3. The average Bonchev–Trinajstić information content (AvgIpc) is 1.93. The zero-order valence-corrected chi connectivity index (χ0v) is 11.1. The van der Waals surface area contributed by atoms with Gasteiger partial charge in [0.15, 0.2) is 5.57 Å². The molecular formula is C10H14F7P. The average molecular weight is 298 g/mol. The summed E-state index contributed by atoms with van der Waals surface area (Å²) >= 11 is 0. The van der Waals surface area contributed by atoms with Gasteiger partial charge < -0.3 is 0 Å². The van der Waals surface area contributed by atoms with Crippen LogP contribution in [0, 0.1) is 0 Å². The van der Waals surface area contributed by atoms with E-state index in [1.807, 2.05) is 0 Å². The van der Waals surface area contributed by atoms with Crippen LogP contribution < -0.4 is 0 Å². The minimum atomic E-state index is -5.73. The lowest BCUT2D eigenvalue weighted by molar-refractivity contribution is -0.118. The third-order valence-electron chi connectivity index (χ3n) is 2.21. The van der Waals surface area contributed by atoms with Gasteiger partial charge in [0.25, 0.3) is 11.7 Å². The second kappa shape index (κ2) is 5.76. The summed E-state index contributed by atoms with van der Waals surface area (Å²) in [6.45, 7) is 5.24. The lowest BCUT2D eigenvalue weighted by Crippen LogP contribution is -2.33. The lowest BCUT2D eigenvalue weighted by Gasteiger charge is -2.35. The highest BCUT2D eigenvalue weighted by atomic mass is 31.1. The van der Waals surface area contributed by atoms with Gasteiger partial charge in [-0.2, -0.15) is 30.7 Å². The molecule has 0 fully saturated rings. The Kier molecular flexibility index (Phi) is 5.66. The fourth-order valence-corrected chi connectivity index (χ4v) is 4.72. The highest BCUT2D eigenvalue weighted by Gasteiger charge is 2.58. The van der Waals surface area contributed by atoms with E-state index >= 15 is 0 Å². The van der Waals surface area contributed by atoms with Gasteiger partial charge in [-0.15, -0.1) is 0 Å². The van der Waals surface area contributed by atoms with Crippen LogP contribution in [0.4, 0.5) is 30.7 Å². The molecule has 0 rings (SSSR count). The summed E-state index contributed by atoms with van der Waals surface area (Å²) < 4.78 is 89.1. The van der Waals surface area contributed by atoms with Crippen LogP contribution in [0.25, 0.3) is 0 Å². The Balaban J connectivity index is 5.79. The van der Waals surface area contributed by atoms with Gasteiger partial charge in [0.1, 0.15) is 0 Å². The molecular weight excluding hydrogens is 284 g/mol. The molecule has 0 N–H and O–H groups in total.